The van der Waals surface area contributed by atoms with Gasteiger partial charge in [0.05, 0.1) is 6.04 Å². The van der Waals surface area contributed by atoms with E-state index in [1.807, 2.05) is 85.8 Å². The Morgan fingerprint density at radius 2 is 1.64 bits per heavy atom. The van der Waals surface area contributed by atoms with Crippen LogP contribution >= 0.6 is 0 Å². The average molecular weight is 440 g/mol. The van der Waals surface area contributed by atoms with Crippen molar-refractivity contribution in [2.24, 2.45) is 0 Å². The average Bonchev–Trinajstić information content (AvgIpc) is 3.32. The van der Waals surface area contributed by atoms with E-state index >= 15 is 0 Å². The second-order valence-electron chi connectivity index (χ2n) is 8.71. The van der Waals surface area contributed by atoms with Crippen LogP contribution in [0.4, 0.5) is 4.79 Å². The molecule has 6 nitrogen and oxygen atoms in total. The third kappa shape index (κ3) is 3.67. The van der Waals surface area contributed by atoms with E-state index in [9.17, 15) is 14.4 Å². The van der Waals surface area contributed by atoms with E-state index in [1.54, 1.807) is 0 Å². The van der Waals surface area contributed by atoms with Crippen molar-refractivity contribution in [2.75, 3.05) is 6.54 Å². The van der Waals surface area contributed by atoms with Crippen molar-refractivity contribution in [1.82, 2.24) is 15.5 Å². The summed E-state index contributed by atoms with van der Waals surface area (Å²) in [6.45, 7) is 1.68. The van der Waals surface area contributed by atoms with Gasteiger partial charge in [-0.15, -0.1) is 0 Å². The zero-order chi connectivity index (χ0) is 23.0. The zero-order valence-corrected chi connectivity index (χ0v) is 18.4. The van der Waals surface area contributed by atoms with Crippen molar-refractivity contribution in [2.45, 2.75) is 31.3 Å². The number of nitrogens with one attached hydrogen (secondary N) is 2. The molecule has 1 aliphatic heterocycles. The van der Waals surface area contributed by atoms with Gasteiger partial charge in [-0.05, 0) is 42.0 Å². The molecule has 33 heavy (non-hydrogen) atoms. The second kappa shape index (κ2) is 8.20. The Labute approximate surface area is 192 Å². The van der Waals surface area contributed by atoms with Gasteiger partial charge in [-0.2, -0.15) is 0 Å². The number of carbonyl (C=O) groups excluding carboxylic acids is 3. The number of hydrogen-bond donors (Lipinski definition) is 2. The van der Waals surface area contributed by atoms with E-state index < -0.39 is 17.5 Å². The Hall–Kier alpha value is -3.93. The van der Waals surface area contributed by atoms with Gasteiger partial charge in [0, 0.05) is 0 Å². The van der Waals surface area contributed by atoms with Crippen LogP contribution in [0.1, 0.15) is 40.3 Å². The number of urea groups is 1. The quantitative estimate of drug-likeness (QED) is 0.597. The molecule has 1 saturated heterocycles. The minimum absolute atomic E-state index is 0.330. The van der Waals surface area contributed by atoms with E-state index in [2.05, 4.69) is 10.6 Å². The van der Waals surface area contributed by atoms with Gasteiger partial charge in [0.25, 0.3) is 5.91 Å². The second-order valence-corrected chi connectivity index (χ2v) is 8.71. The third-order valence-electron chi connectivity index (χ3n) is 6.57. The van der Waals surface area contributed by atoms with E-state index in [0.717, 1.165) is 32.7 Å². The fourth-order valence-corrected chi connectivity index (χ4v) is 4.85. The van der Waals surface area contributed by atoms with E-state index in [1.165, 1.54) is 0 Å². The van der Waals surface area contributed by atoms with Crippen LogP contribution in [0.5, 0.6) is 0 Å². The van der Waals surface area contributed by atoms with Crippen molar-refractivity contribution in [1.29, 1.82) is 0 Å². The lowest BCUT2D eigenvalue weighted by Gasteiger charge is -2.23. The molecule has 4 amide bonds. The van der Waals surface area contributed by atoms with Gasteiger partial charge in [-0.1, -0.05) is 84.4 Å². The highest BCUT2D eigenvalue weighted by molar-refractivity contribution is 6.10. The summed E-state index contributed by atoms with van der Waals surface area (Å²) in [6.07, 6.45) is 1.22. The molecule has 6 heteroatoms. The lowest BCUT2D eigenvalue weighted by atomic mass is 9.92. The maximum absolute atomic E-state index is 13.4. The molecule has 1 fully saturated rings. The number of hydrogen-bond acceptors (Lipinski definition) is 3. The molecule has 1 heterocycles. The number of nitrogens with zero attached hydrogens (tertiary/aromatic N) is 1. The lowest BCUT2D eigenvalue weighted by Crippen LogP contribution is -2.44. The zero-order valence-electron chi connectivity index (χ0n) is 18.4. The van der Waals surface area contributed by atoms with Gasteiger partial charge in [-0.25, -0.2) is 4.79 Å². The summed E-state index contributed by atoms with van der Waals surface area (Å²) in [6, 6.07) is 24.3. The number of benzene rings is 3. The summed E-state index contributed by atoms with van der Waals surface area (Å²) in [5, 5.41) is 5.89. The standard InChI is InChI=1S/C27H25N3O3/c1-18-11-13-21(14-12-18)24(20-8-3-2-4-9-20)28-23(31)17-30-25(32)27(29-26(30)33)16-15-19-7-5-6-10-22(19)27/h2-14,24H,15-17H2,1H3,(H,28,31)(H,29,33). The minimum atomic E-state index is -1.07. The predicted molar refractivity (Wildman–Crippen MR) is 124 cm³/mol. The molecule has 2 unspecified atom stereocenters. The van der Waals surface area contributed by atoms with Crippen LogP contribution < -0.4 is 10.6 Å². The Bertz CT molecular complexity index is 1220. The molecule has 3 aromatic carbocycles. The topological polar surface area (TPSA) is 78.5 Å². The number of imide groups is 1. The van der Waals surface area contributed by atoms with Crippen LogP contribution in [0.2, 0.25) is 0 Å². The first kappa shape index (κ1) is 20.9. The van der Waals surface area contributed by atoms with Crippen LogP contribution in [0.25, 0.3) is 0 Å². The van der Waals surface area contributed by atoms with E-state index in [4.69, 9.17) is 0 Å². The molecular weight excluding hydrogens is 414 g/mol. The van der Waals surface area contributed by atoms with Crippen LogP contribution in [0.3, 0.4) is 0 Å². The molecule has 0 saturated carbocycles. The maximum atomic E-state index is 13.4. The molecule has 5 rings (SSSR count). The molecule has 166 valence electrons. The number of amides is 4. The summed E-state index contributed by atoms with van der Waals surface area (Å²) in [4.78, 5) is 40.2. The molecular formula is C27H25N3O3. The Morgan fingerprint density at radius 3 is 2.39 bits per heavy atom. The summed E-state index contributed by atoms with van der Waals surface area (Å²) in [5.74, 6) is -0.754. The van der Waals surface area contributed by atoms with Crippen molar-refractivity contribution in [3.63, 3.8) is 0 Å². The van der Waals surface area contributed by atoms with Crippen molar-refractivity contribution >= 4 is 17.8 Å². The highest BCUT2D eigenvalue weighted by atomic mass is 16.2. The van der Waals surface area contributed by atoms with Gasteiger partial charge < -0.3 is 10.6 Å². The fourth-order valence-electron chi connectivity index (χ4n) is 4.85. The monoisotopic (exact) mass is 439 g/mol. The third-order valence-corrected chi connectivity index (χ3v) is 6.57. The molecule has 1 spiro atoms. The first-order valence-corrected chi connectivity index (χ1v) is 11.1. The Balaban J connectivity index is 1.37. The fraction of sp³-hybridized carbons (Fsp3) is 0.222. The Kier molecular flexibility index (Phi) is 5.21. The molecule has 0 radical (unpaired) electrons. The van der Waals surface area contributed by atoms with Crippen LogP contribution in [0.15, 0.2) is 78.9 Å². The van der Waals surface area contributed by atoms with Gasteiger partial charge in [0.15, 0.2) is 0 Å². The highest BCUT2D eigenvalue weighted by Gasteiger charge is 2.55. The molecule has 2 N–H and O–H groups in total. The number of rotatable bonds is 5. The first-order chi connectivity index (χ1) is 16.0. The summed E-state index contributed by atoms with van der Waals surface area (Å²) in [5.41, 5.74) is 3.79. The van der Waals surface area contributed by atoms with Crippen LogP contribution in [-0.4, -0.2) is 29.3 Å². The maximum Gasteiger partial charge on any atom is 0.325 e. The minimum Gasteiger partial charge on any atom is -0.344 e. The largest absolute Gasteiger partial charge is 0.344 e. The number of fused-ring (bicyclic) bond motifs is 2. The molecule has 2 atom stereocenters. The van der Waals surface area contributed by atoms with Gasteiger partial charge in [0.1, 0.15) is 12.1 Å². The van der Waals surface area contributed by atoms with Crippen LogP contribution in [0, 0.1) is 6.92 Å². The van der Waals surface area contributed by atoms with Crippen molar-refractivity contribution < 1.29 is 14.4 Å². The van der Waals surface area contributed by atoms with E-state index in [-0.39, 0.29) is 18.5 Å². The number of carbonyl (C=O) groups is 3. The first-order valence-electron chi connectivity index (χ1n) is 11.1. The summed E-state index contributed by atoms with van der Waals surface area (Å²) >= 11 is 0. The molecule has 3 aromatic rings. The summed E-state index contributed by atoms with van der Waals surface area (Å²) in [7, 11) is 0. The van der Waals surface area contributed by atoms with Crippen molar-refractivity contribution in [3.05, 3.63) is 107 Å². The van der Waals surface area contributed by atoms with Crippen LogP contribution in [-0.2, 0) is 21.5 Å². The summed E-state index contributed by atoms with van der Waals surface area (Å²) < 4.78 is 0. The van der Waals surface area contributed by atoms with Gasteiger partial charge >= 0.3 is 6.03 Å². The lowest BCUT2D eigenvalue weighted by molar-refractivity contribution is -0.135. The normalized spacial score (nSPS) is 20.0. The Morgan fingerprint density at radius 1 is 0.970 bits per heavy atom. The SMILES string of the molecule is Cc1ccc(C(NC(=O)CN2C(=O)NC3(CCc4ccccc43)C2=O)c2ccccc2)cc1. The molecule has 0 bridgehead atoms. The highest BCUT2D eigenvalue weighted by Crippen LogP contribution is 2.41. The van der Waals surface area contributed by atoms with E-state index in [0.29, 0.717) is 12.8 Å². The molecule has 0 aromatic heterocycles. The van der Waals surface area contributed by atoms with Crippen molar-refractivity contribution in [3.8, 4) is 0 Å². The van der Waals surface area contributed by atoms with Gasteiger partial charge in [0.2, 0.25) is 5.91 Å². The van der Waals surface area contributed by atoms with Gasteiger partial charge in [-0.3, -0.25) is 14.5 Å². The molecule has 2 aliphatic rings. The smallest absolute Gasteiger partial charge is 0.325 e. The molecule has 1 aliphatic carbocycles. The predicted octanol–water partition coefficient (Wildman–Crippen LogP) is 3.59. The number of aryl methyl sites for hydroxylation is 2.